The Balaban J connectivity index is 3.02. The summed E-state index contributed by atoms with van der Waals surface area (Å²) in [6.45, 7) is 8.23. The molecule has 1 rings (SSSR count). The number of carbonyl (C=O) groups is 1. The van der Waals surface area contributed by atoms with E-state index in [1.165, 1.54) is 0 Å². The number of carbonyl (C=O) groups excluding carboxylic acids is 1. The molecule has 1 amide bonds. The van der Waals surface area contributed by atoms with Crippen LogP contribution in [0.1, 0.15) is 56.0 Å². The van der Waals surface area contributed by atoms with Crippen molar-refractivity contribution < 1.29 is 4.79 Å². The third kappa shape index (κ3) is 2.84. The van der Waals surface area contributed by atoms with E-state index in [1.807, 2.05) is 19.1 Å². The Morgan fingerprint density at radius 3 is 2.22 bits per heavy atom. The Labute approximate surface area is 110 Å². The number of nitrogens with two attached hydrogens (primary N) is 1. The van der Waals surface area contributed by atoms with Gasteiger partial charge in [-0.25, -0.2) is 0 Å². The van der Waals surface area contributed by atoms with Crippen LogP contribution in [0.3, 0.4) is 0 Å². The molecule has 0 bridgehead atoms. The first kappa shape index (κ1) is 14.6. The van der Waals surface area contributed by atoms with E-state index in [1.54, 1.807) is 6.07 Å². The van der Waals surface area contributed by atoms with Gasteiger partial charge in [0.05, 0.1) is 5.56 Å². The fourth-order valence-electron chi connectivity index (χ4n) is 2.32. The van der Waals surface area contributed by atoms with Gasteiger partial charge in [-0.3, -0.25) is 4.79 Å². The zero-order valence-corrected chi connectivity index (χ0v) is 11.8. The van der Waals surface area contributed by atoms with Crippen LogP contribution in [0.4, 0.5) is 5.69 Å². The lowest BCUT2D eigenvalue weighted by molar-refractivity contribution is 0.0888. The lowest BCUT2D eigenvalue weighted by atomic mass is 9.89. The molecule has 0 aromatic heterocycles. The van der Waals surface area contributed by atoms with Gasteiger partial charge in [-0.15, -0.1) is 0 Å². The summed E-state index contributed by atoms with van der Waals surface area (Å²) >= 11 is 0. The number of anilines is 1. The monoisotopic (exact) mass is 248 g/mol. The summed E-state index contributed by atoms with van der Waals surface area (Å²) in [7, 11) is 0. The molecule has 3 N–H and O–H groups in total. The van der Waals surface area contributed by atoms with E-state index in [0.717, 1.165) is 24.8 Å². The zero-order valence-electron chi connectivity index (χ0n) is 11.8. The van der Waals surface area contributed by atoms with Crippen LogP contribution < -0.4 is 11.1 Å². The molecule has 0 spiro atoms. The Kier molecular flexibility index (Phi) is 4.76. The highest BCUT2D eigenvalue weighted by atomic mass is 16.1. The molecule has 0 heterocycles. The number of benzene rings is 1. The van der Waals surface area contributed by atoms with Gasteiger partial charge < -0.3 is 11.1 Å². The molecule has 0 saturated carbocycles. The van der Waals surface area contributed by atoms with Gasteiger partial charge in [0.25, 0.3) is 5.91 Å². The van der Waals surface area contributed by atoms with Crippen molar-refractivity contribution in [3.05, 3.63) is 29.3 Å². The van der Waals surface area contributed by atoms with Crippen molar-refractivity contribution >= 4 is 11.6 Å². The first-order valence-corrected chi connectivity index (χ1v) is 6.67. The molecule has 1 aromatic rings. The lowest BCUT2D eigenvalue weighted by Crippen LogP contribution is -2.47. The highest BCUT2D eigenvalue weighted by Gasteiger charge is 2.27. The van der Waals surface area contributed by atoms with Crippen molar-refractivity contribution in [3.8, 4) is 0 Å². The second-order valence-electron chi connectivity index (χ2n) is 4.83. The van der Waals surface area contributed by atoms with Gasteiger partial charge in [-0.05, 0) is 37.8 Å². The fourth-order valence-corrected chi connectivity index (χ4v) is 2.32. The minimum atomic E-state index is -0.119. The summed E-state index contributed by atoms with van der Waals surface area (Å²) in [5, 5.41) is 3.16. The number of nitrogens with one attached hydrogen (secondary N) is 1. The third-order valence-electron chi connectivity index (χ3n) is 3.94. The van der Waals surface area contributed by atoms with Gasteiger partial charge in [-0.2, -0.15) is 0 Å². The standard InChI is InChI=1S/C15H24N2O/c1-5-15(6-2,7-3)17-14(18)13-11(4)9-8-10-12(13)16/h8-10H,5-7,16H2,1-4H3,(H,17,18). The minimum absolute atomic E-state index is 0.0591. The van der Waals surface area contributed by atoms with Crippen molar-refractivity contribution in [1.82, 2.24) is 5.32 Å². The molecular formula is C15H24N2O. The molecule has 0 radical (unpaired) electrons. The number of aryl methyl sites for hydroxylation is 1. The maximum Gasteiger partial charge on any atom is 0.254 e. The predicted octanol–water partition coefficient (Wildman–Crippen LogP) is 3.28. The second kappa shape index (κ2) is 5.89. The van der Waals surface area contributed by atoms with Gasteiger partial charge in [0, 0.05) is 11.2 Å². The largest absolute Gasteiger partial charge is 0.398 e. The van der Waals surface area contributed by atoms with Crippen LogP contribution in [0.2, 0.25) is 0 Å². The molecule has 0 aliphatic heterocycles. The molecule has 3 heteroatoms. The number of amides is 1. The van der Waals surface area contributed by atoms with E-state index in [9.17, 15) is 4.79 Å². The van der Waals surface area contributed by atoms with Crippen LogP contribution >= 0.6 is 0 Å². The Bertz CT molecular complexity index is 394. The summed E-state index contributed by atoms with van der Waals surface area (Å²) < 4.78 is 0. The van der Waals surface area contributed by atoms with Crippen molar-refractivity contribution in [1.29, 1.82) is 0 Å². The van der Waals surface area contributed by atoms with Crippen molar-refractivity contribution in [2.24, 2.45) is 0 Å². The predicted molar refractivity (Wildman–Crippen MR) is 76.7 cm³/mol. The molecule has 3 nitrogen and oxygen atoms in total. The second-order valence-corrected chi connectivity index (χ2v) is 4.83. The molecule has 0 aliphatic carbocycles. The van der Waals surface area contributed by atoms with E-state index in [-0.39, 0.29) is 11.4 Å². The van der Waals surface area contributed by atoms with Gasteiger partial charge in [0.2, 0.25) is 0 Å². The smallest absolute Gasteiger partial charge is 0.254 e. The normalized spacial score (nSPS) is 11.3. The molecule has 0 atom stereocenters. The van der Waals surface area contributed by atoms with Crippen LogP contribution in [-0.2, 0) is 0 Å². The van der Waals surface area contributed by atoms with E-state index in [2.05, 4.69) is 26.1 Å². The van der Waals surface area contributed by atoms with Gasteiger partial charge in [-0.1, -0.05) is 32.9 Å². The Morgan fingerprint density at radius 1 is 1.22 bits per heavy atom. The Morgan fingerprint density at radius 2 is 1.78 bits per heavy atom. The van der Waals surface area contributed by atoms with Crippen molar-refractivity contribution in [2.45, 2.75) is 52.5 Å². The molecule has 100 valence electrons. The number of hydrogen-bond donors (Lipinski definition) is 2. The first-order valence-electron chi connectivity index (χ1n) is 6.67. The molecule has 0 unspecified atom stereocenters. The van der Waals surface area contributed by atoms with Gasteiger partial charge >= 0.3 is 0 Å². The minimum Gasteiger partial charge on any atom is -0.398 e. The molecule has 1 aromatic carbocycles. The Hall–Kier alpha value is -1.51. The maximum absolute atomic E-state index is 12.4. The molecule has 0 fully saturated rings. The van der Waals surface area contributed by atoms with Gasteiger partial charge in [0.15, 0.2) is 0 Å². The summed E-state index contributed by atoms with van der Waals surface area (Å²) in [4.78, 5) is 12.4. The molecule has 0 saturated heterocycles. The SMILES string of the molecule is CCC(CC)(CC)NC(=O)c1c(C)cccc1N. The van der Waals surface area contributed by atoms with E-state index >= 15 is 0 Å². The van der Waals surface area contributed by atoms with Crippen molar-refractivity contribution in [3.63, 3.8) is 0 Å². The molecule has 0 aliphatic rings. The highest BCUT2D eigenvalue weighted by molar-refractivity contribution is 6.00. The summed E-state index contributed by atoms with van der Waals surface area (Å²) in [5.74, 6) is -0.0591. The molecule has 18 heavy (non-hydrogen) atoms. The van der Waals surface area contributed by atoms with Crippen LogP contribution in [0.15, 0.2) is 18.2 Å². The summed E-state index contributed by atoms with van der Waals surface area (Å²) in [6.07, 6.45) is 2.78. The van der Waals surface area contributed by atoms with Crippen LogP contribution in [0.25, 0.3) is 0 Å². The topological polar surface area (TPSA) is 55.1 Å². The maximum atomic E-state index is 12.4. The summed E-state index contributed by atoms with van der Waals surface area (Å²) in [5.41, 5.74) is 7.86. The van der Waals surface area contributed by atoms with Crippen LogP contribution in [0.5, 0.6) is 0 Å². The van der Waals surface area contributed by atoms with Crippen LogP contribution in [-0.4, -0.2) is 11.4 Å². The number of rotatable bonds is 5. The third-order valence-corrected chi connectivity index (χ3v) is 3.94. The van der Waals surface area contributed by atoms with E-state index in [0.29, 0.717) is 11.3 Å². The van der Waals surface area contributed by atoms with Crippen LogP contribution in [0, 0.1) is 6.92 Å². The fraction of sp³-hybridized carbons (Fsp3) is 0.533. The first-order chi connectivity index (χ1) is 8.49. The average molecular weight is 248 g/mol. The average Bonchev–Trinajstić information content (AvgIpc) is 2.36. The number of nitrogen functional groups attached to an aromatic ring is 1. The zero-order chi connectivity index (χ0) is 13.8. The van der Waals surface area contributed by atoms with Gasteiger partial charge in [0.1, 0.15) is 0 Å². The van der Waals surface area contributed by atoms with E-state index < -0.39 is 0 Å². The quantitative estimate of drug-likeness (QED) is 0.786. The summed E-state index contributed by atoms with van der Waals surface area (Å²) in [6, 6.07) is 5.55. The molecular weight excluding hydrogens is 224 g/mol. The highest BCUT2D eigenvalue weighted by Crippen LogP contribution is 2.22. The van der Waals surface area contributed by atoms with E-state index in [4.69, 9.17) is 5.73 Å². The van der Waals surface area contributed by atoms with Crippen molar-refractivity contribution in [2.75, 3.05) is 5.73 Å². The number of hydrogen-bond acceptors (Lipinski definition) is 2. The lowest BCUT2D eigenvalue weighted by Gasteiger charge is -2.32.